The lowest BCUT2D eigenvalue weighted by atomic mass is 9.90. The standard InChI is InChI=1S/C14H20BrFN2/c1-10(11-5-7-18(2)8-6-11)17-12-3-4-13(15)14(16)9-12/h3-4,9-11,17H,5-8H2,1-2H3. The molecule has 0 amide bonds. The van der Waals surface area contributed by atoms with Crippen LogP contribution in [-0.4, -0.2) is 31.1 Å². The number of nitrogens with one attached hydrogen (secondary N) is 1. The van der Waals surface area contributed by atoms with E-state index in [9.17, 15) is 4.39 Å². The van der Waals surface area contributed by atoms with Gasteiger partial charge in [-0.3, -0.25) is 0 Å². The average Bonchev–Trinajstić information content (AvgIpc) is 2.34. The van der Waals surface area contributed by atoms with E-state index in [-0.39, 0.29) is 5.82 Å². The third-order valence-corrected chi connectivity index (χ3v) is 4.43. The topological polar surface area (TPSA) is 15.3 Å². The van der Waals surface area contributed by atoms with Gasteiger partial charge in [-0.15, -0.1) is 0 Å². The number of hydrogen-bond acceptors (Lipinski definition) is 2. The highest BCUT2D eigenvalue weighted by molar-refractivity contribution is 9.10. The summed E-state index contributed by atoms with van der Waals surface area (Å²) >= 11 is 3.17. The number of piperidine rings is 1. The summed E-state index contributed by atoms with van der Waals surface area (Å²) in [5.41, 5.74) is 0.863. The molecule has 1 aromatic rings. The summed E-state index contributed by atoms with van der Waals surface area (Å²) in [7, 11) is 2.17. The Hall–Kier alpha value is -0.610. The SMILES string of the molecule is CC(Nc1ccc(Br)c(F)c1)C1CCN(C)CC1. The van der Waals surface area contributed by atoms with Crippen LogP contribution >= 0.6 is 15.9 Å². The van der Waals surface area contributed by atoms with E-state index in [4.69, 9.17) is 0 Å². The van der Waals surface area contributed by atoms with Gasteiger partial charge in [-0.25, -0.2) is 4.39 Å². The highest BCUT2D eigenvalue weighted by Gasteiger charge is 2.22. The molecule has 2 nitrogen and oxygen atoms in total. The Morgan fingerprint density at radius 2 is 2.06 bits per heavy atom. The zero-order valence-electron chi connectivity index (χ0n) is 10.9. The van der Waals surface area contributed by atoms with Gasteiger partial charge in [-0.2, -0.15) is 0 Å². The molecule has 1 aliphatic heterocycles. The first-order valence-corrected chi connectivity index (χ1v) is 7.25. The second-order valence-electron chi connectivity index (χ2n) is 5.20. The van der Waals surface area contributed by atoms with Crippen LogP contribution in [0.5, 0.6) is 0 Å². The molecule has 100 valence electrons. The predicted molar refractivity (Wildman–Crippen MR) is 77.4 cm³/mol. The maximum atomic E-state index is 13.4. The Kier molecular flexibility index (Phi) is 4.62. The average molecular weight is 315 g/mol. The number of likely N-dealkylation sites (tertiary alicyclic amines) is 1. The van der Waals surface area contributed by atoms with Crippen LogP contribution < -0.4 is 5.32 Å². The molecule has 1 aliphatic rings. The van der Waals surface area contributed by atoms with Crippen molar-refractivity contribution in [2.24, 2.45) is 5.92 Å². The Morgan fingerprint density at radius 1 is 1.39 bits per heavy atom. The molecule has 0 aliphatic carbocycles. The fraction of sp³-hybridized carbons (Fsp3) is 0.571. The highest BCUT2D eigenvalue weighted by atomic mass is 79.9. The number of benzene rings is 1. The second kappa shape index (κ2) is 6.02. The normalized spacial score (nSPS) is 19.8. The molecule has 1 atom stereocenters. The molecule has 4 heteroatoms. The van der Waals surface area contributed by atoms with Crippen LogP contribution in [-0.2, 0) is 0 Å². The molecule has 1 fully saturated rings. The van der Waals surface area contributed by atoms with Crippen molar-refractivity contribution in [3.05, 3.63) is 28.5 Å². The third kappa shape index (κ3) is 3.45. The van der Waals surface area contributed by atoms with Crippen molar-refractivity contribution in [1.29, 1.82) is 0 Å². The first kappa shape index (κ1) is 13.8. The summed E-state index contributed by atoms with van der Waals surface area (Å²) in [5.74, 6) is 0.462. The van der Waals surface area contributed by atoms with Crippen molar-refractivity contribution in [3.63, 3.8) is 0 Å². The molecule has 2 rings (SSSR count). The Labute approximate surface area is 117 Å². The molecular weight excluding hydrogens is 295 g/mol. The summed E-state index contributed by atoms with van der Waals surface area (Å²) in [6.45, 7) is 4.51. The van der Waals surface area contributed by atoms with Crippen LogP contribution in [0.1, 0.15) is 19.8 Å². The minimum Gasteiger partial charge on any atom is -0.382 e. The molecular formula is C14H20BrFN2. The molecule has 0 saturated carbocycles. The van der Waals surface area contributed by atoms with Gasteiger partial charge in [0.25, 0.3) is 0 Å². The van der Waals surface area contributed by atoms with E-state index in [1.54, 1.807) is 12.1 Å². The van der Waals surface area contributed by atoms with Crippen LogP contribution in [0.15, 0.2) is 22.7 Å². The lowest BCUT2D eigenvalue weighted by Gasteiger charge is -2.33. The van der Waals surface area contributed by atoms with Gasteiger partial charge in [0.1, 0.15) is 5.82 Å². The minimum absolute atomic E-state index is 0.212. The fourth-order valence-electron chi connectivity index (χ4n) is 2.50. The first-order chi connectivity index (χ1) is 8.56. The van der Waals surface area contributed by atoms with Crippen LogP contribution in [0.25, 0.3) is 0 Å². The molecule has 0 bridgehead atoms. The quantitative estimate of drug-likeness (QED) is 0.914. The van der Waals surface area contributed by atoms with E-state index in [1.165, 1.54) is 12.8 Å². The van der Waals surface area contributed by atoms with E-state index >= 15 is 0 Å². The number of halogens is 2. The van der Waals surface area contributed by atoms with Gasteiger partial charge < -0.3 is 10.2 Å². The van der Waals surface area contributed by atoms with Gasteiger partial charge in [-0.1, -0.05) is 0 Å². The molecule has 1 unspecified atom stereocenters. The molecule has 1 heterocycles. The van der Waals surface area contributed by atoms with Gasteiger partial charge >= 0.3 is 0 Å². The molecule has 1 saturated heterocycles. The zero-order chi connectivity index (χ0) is 13.1. The maximum Gasteiger partial charge on any atom is 0.139 e. The smallest absolute Gasteiger partial charge is 0.139 e. The summed E-state index contributed by atoms with van der Waals surface area (Å²) < 4.78 is 13.9. The minimum atomic E-state index is -0.212. The lowest BCUT2D eigenvalue weighted by Crippen LogP contribution is -2.37. The summed E-state index contributed by atoms with van der Waals surface area (Å²) in [4.78, 5) is 2.36. The van der Waals surface area contributed by atoms with Gasteiger partial charge in [0.2, 0.25) is 0 Å². The van der Waals surface area contributed by atoms with E-state index in [2.05, 4.69) is 40.1 Å². The van der Waals surface area contributed by atoms with Crippen molar-refractivity contribution < 1.29 is 4.39 Å². The molecule has 1 aromatic carbocycles. The Balaban J connectivity index is 1.94. The first-order valence-electron chi connectivity index (χ1n) is 6.46. The van der Waals surface area contributed by atoms with Gasteiger partial charge in [0, 0.05) is 11.7 Å². The van der Waals surface area contributed by atoms with Crippen LogP contribution in [0.4, 0.5) is 10.1 Å². The van der Waals surface area contributed by atoms with Crippen LogP contribution in [0.3, 0.4) is 0 Å². The zero-order valence-corrected chi connectivity index (χ0v) is 12.5. The largest absolute Gasteiger partial charge is 0.382 e. The third-order valence-electron chi connectivity index (χ3n) is 3.78. The van der Waals surface area contributed by atoms with Gasteiger partial charge in [-0.05, 0) is 79.9 Å². The number of nitrogens with zero attached hydrogens (tertiary/aromatic N) is 1. The van der Waals surface area contributed by atoms with Crippen LogP contribution in [0.2, 0.25) is 0 Å². The fourth-order valence-corrected chi connectivity index (χ4v) is 2.74. The number of hydrogen-bond donors (Lipinski definition) is 1. The predicted octanol–water partition coefficient (Wildman–Crippen LogP) is 3.73. The van der Waals surface area contributed by atoms with Crippen molar-refractivity contribution in [3.8, 4) is 0 Å². The molecule has 18 heavy (non-hydrogen) atoms. The number of rotatable bonds is 3. The summed E-state index contributed by atoms with van der Waals surface area (Å²) in [6, 6.07) is 5.60. The van der Waals surface area contributed by atoms with Gasteiger partial charge in [0.15, 0.2) is 0 Å². The van der Waals surface area contributed by atoms with Crippen molar-refractivity contribution >= 4 is 21.6 Å². The van der Waals surface area contributed by atoms with E-state index in [1.807, 2.05) is 6.07 Å². The van der Waals surface area contributed by atoms with Crippen molar-refractivity contribution in [2.75, 3.05) is 25.5 Å². The second-order valence-corrected chi connectivity index (χ2v) is 6.06. The molecule has 1 N–H and O–H groups in total. The molecule has 0 radical (unpaired) electrons. The monoisotopic (exact) mass is 314 g/mol. The highest BCUT2D eigenvalue weighted by Crippen LogP contribution is 2.24. The van der Waals surface area contributed by atoms with Gasteiger partial charge in [0.05, 0.1) is 4.47 Å². The number of anilines is 1. The van der Waals surface area contributed by atoms with E-state index < -0.39 is 0 Å². The van der Waals surface area contributed by atoms with Crippen molar-refractivity contribution in [2.45, 2.75) is 25.8 Å². The summed E-state index contributed by atoms with van der Waals surface area (Å²) in [5, 5.41) is 3.42. The molecule has 0 aromatic heterocycles. The Bertz CT molecular complexity index is 403. The van der Waals surface area contributed by atoms with Crippen molar-refractivity contribution in [1.82, 2.24) is 4.90 Å². The van der Waals surface area contributed by atoms with E-state index in [0.717, 1.165) is 18.8 Å². The molecule has 0 spiro atoms. The lowest BCUT2D eigenvalue weighted by molar-refractivity contribution is 0.208. The summed E-state index contributed by atoms with van der Waals surface area (Å²) in [6.07, 6.45) is 2.42. The Morgan fingerprint density at radius 3 is 2.67 bits per heavy atom. The maximum absolute atomic E-state index is 13.4. The van der Waals surface area contributed by atoms with Crippen LogP contribution in [0, 0.1) is 11.7 Å². The van der Waals surface area contributed by atoms with E-state index in [0.29, 0.717) is 16.4 Å².